The summed E-state index contributed by atoms with van der Waals surface area (Å²) in [7, 11) is -3.42. The summed E-state index contributed by atoms with van der Waals surface area (Å²) in [5, 5.41) is 6.18. The average molecular weight is 346 g/mol. The smallest absolute Gasteiger partial charge is 0.209 e. The predicted octanol–water partition coefficient (Wildman–Crippen LogP) is 2.78. The van der Waals surface area contributed by atoms with Gasteiger partial charge in [-0.25, -0.2) is 18.5 Å². The van der Waals surface area contributed by atoms with Crippen LogP contribution in [-0.2, 0) is 16.4 Å². The van der Waals surface area contributed by atoms with Gasteiger partial charge >= 0.3 is 0 Å². The summed E-state index contributed by atoms with van der Waals surface area (Å²) in [6, 6.07) is 8.15. The topological polar surface area (TPSA) is 90.9 Å². The predicted molar refractivity (Wildman–Crippen MR) is 96.3 cm³/mol. The number of benzene rings is 1. The third-order valence-corrected chi connectivity index (χ3v) is 5.16. The molecule has 0 spiro atoms. The first kappa shape index (κ1) is 16.9. The molecular weight excluding hydrogens is 324 g/mol. The molecule has 128 valence electrons. The number of aryl methyl sites for hydroxylation is 1. The van der Waals surface area contributed by atoms with Crippen LogP contribution in [0.5, 0.6) is 0 Å². The second-order valence-electron chi connectivity index (χ2n) is 6.12. The Labute approximate surface area is 141 Å². The van der Waals surface area contributed by atoms with Crippen molar-refractivity contribution in [2.24, 2.45) is 5.14 Å². The Hall–Kier alpha value is -1.99. The zero-order valence-electron chi connectivity index (χ0n) is 13.9. The Morgan fingerprint density at radius 1 is 1.25 bits per heavy atom. The van der Waals surface area contributed by atoms with E-state index in [4.69, 9.17) is 10.1 Å². The second kappa shape index (κ2) is 6.49. The molecule has 0 bridgehead atoms. The molecule has 0 aliphatic heterocycles. The van der Waals surface area contributed by atoms with Gasteiger partial charge in [0, 0.05) is 17.8 Å². The minimum atomic E-state index is -3.42. The van der Waals surface area contributed by atoms with Gasteiger partial charge in [-0.05, 0) is 25.8 Å². The van der Waals surface area contributed by atoms with E-state index in [2.05, 4.69) is 29.5 Å². The number of para-hydroxylation sites is 1. The molecule has 1 aromatic carbocycles. The number of nitrogens with zero attached hydrogens (tertiary/aromatic N) is 3. The highest BCUT2D eigenvalue weighted by molar-refractivity contribution is 7.89. The van der Waals surface area contributed by atoms with Crippen LogP contribution in [0.3, 0.4) is 0 Å². The van der Waals surface area contributed by atoms with E-state index in [1.54, 1.807) is 0 Å². The Bertz CT molecular complexity index is 979. The third-order valence-electron chi connectivity index (χ3n) is 4.30. The van der Waals surface area contributed by atoms with Gasteiger partial charge in [-0.1, -0.05) is 25.1 Å². The standard InChI is InChI=1S/C17H22N4O2S/c1-3-16-20-15-11-19-14-9-5-4-8-13(14)17(15)21(16)12(2)7-6-10-24(18,22)23/h4-5,8-9,11-12H,3,6-7,10H2,1-2H3,(H2,18,22,23). The average Bonchev–Trinajstić information content (AvgIpc) is 2.92. The fraction of sp³-hybridized carbons (Fsp3) is 0.412. The zero-order valence-corrected chi connectivity index (χ0v) is 14.8. The Morgan fingerprint density at radius 3 is 2.71 bits per heavy atom. The number of fused-ring (bicyclic) bond motifs is 3. The molecule has 0 aliphatic carbocycles. The number of nitrogens with two attached hydrogens (primary N) is 1. The van der Waals surface area contributed by atoms with E-state index < -0.39 is 10.0 Å². The molecule has 1 unspecified atom stereocenters. The molecule has 2 heterocycles. The van der Waals surface area contributed by atoms with Gasteiger partial charge in [-0.15, -0.1) is 0 Å². The van der Waals surface area contributed by atoms with Crippen molar-refractivity contribution in [3.05, 3.63) is 36.3 Å². The van der Waals surface area contributed by atoms with Crippen LogP contribution >= 0.6 is 0 Å². The fourth-order valence-corrected chi connectivity index (χ4v) is 3.78. The lowest BCUT2D eigenvalue weighted by molar-refractivity contribution is 0.494. The van der Waals surface area contributed by atoms with E-state index in [9.17, 15) is 8.42 Å². The number of sulfonamides is 1. The minimum absolute atomic E-state index is 0.00767. The maximum Gasteiger partial charge on any atom is 0.209 e. The van der Waals surface area contributed by atoms with Crippen LogP contribution in [-0.4, -0.2) is 28.7 Å². The van der Waals surface area contributed by atoms with E-state index >= 15 is 0 Å². The highest BCUT2D eigenvalue weighted by Gasteiger charge is 2.18. The number of hydrogen-bond donors (Lipinski definition) is 1. The van der Waals surface area contributed by atoms with Crippen LogP contribution in [0.1, 0.15) is 38.6 Å². The quantitative estimate of drug-likeness (QED) is 0.743. The molecular formula is C17H22N4O2S. The molecule has 0 saturated heterocycles. The largest absolute Gasteiger partial charge is 0.325 e. The molecule has 0 radical (unpaired) electrons. The number of hydrogen-bond acceptors (Lipinski definition) is 4. The molecule has 3 aromatic rings. The molecule has 0 amide bonds. The van der Waals surface area contributed by atoms with Crippen molar-refractivity contribution >= 4 is 32.0 Å². The molecule has 2 N–H and O–H groups in total. The summed E-state index contributed by atoms with van der Waals surface area (Å²) < 4.78 is 24.5. The number of pyridine rings is 1. The minimum Gasteiger partial charge on any atom is -0.325 e. The Balaban J connectivity index is 2.06. The molecule has 7 heteroatoms. The van der Waals surface area contributed by atoms with Crippen molar-refractivity contribution < 1.29 is 8.42 Å². The van der Waals surface area contributed by atoms with Gasteiger partial charge in [0.1, 0.15) is 11.3 Å². The van der Waals surface area contributed by atoms with Crippen molar-refractivity contribution in [2.45, 2.75) is 39.2 Å². The van der Waals surface area contributed by atoms with Gasteiger partial charge < -0.3 is 4.57 Å². The Kier molecular flexibility index (Phi) is 4.56. The van der Waals surface area contributed by atoms with Gasteiger partial charge in [-0.3, -0.25) is 4.98 Å². The van der Waals surface area contributed by atoms with Crippen molar-refractivity contribution in [3.63, 3.8) is 0 Å². The van der Waals surface area contributed by atoms with Crippen LogP contribution in [0.4, 0.5) is 0 Å². The van der Waals surface area contributed by atoms with Crippen LogP contribution in [0.25, 0.3) is 21.9 Å². The first-order valence-electron chi connectivity index (χ1n) is 8.15. The lowest BCUT2D eigenvalue weighted by atomic mass is 10.1. The SMILES string of the molecule is CCc1nc2cnc3ccccc3c2n1C(C)CCCS(N)(=O)=O. The molecule has 3 rings (SSSR count). The lowest BCUT2D eigenvalue weighted by Gasteiger charge is -2.18. The maximum absolute atomic E-state index is 11.2. The summed E-state index contributed by atoms with van der Waals surface area (Å²) in [6.07, 6.45) is 3.88. The van der Waals surface area contributed by atoms with Gasteiger partial charge in [0.25, 0.3) is 0 Å². The monoisotopic (exact) mass is 346 g/mol. The van der Waals surface area contributed by atoms with E-state index in [1.165, 1.54) is 0 Å². The highest BCUT2D eigenvalue weighted by Crippen LogP contribution is 2.29. The Morgan fingerprint density at radius 2 is 2.00 bits per heavy atom. The summed E-state index contributed by atoms with van der Waals surface area (Å²) >= 11 is 0. The maximum atomic E-state index is 11.2. The zero-order chi connectivity index (χ0) is 17.3. The van der Waals surface area contributed by atoms with Gasteiger partial charge in [0.05, 0.1) is 23.0 Å². The number of primary sulfonamides is 1. The van der Waals surface area contributed by atoms with E-state index in [0.29, 0.717) is 6.42 Å². The van der Waals surface area contributed by atoms with E-state index in [1.807, 2.05) is 24.4 Å². The summed E-state index contributed by atoms with van der Waals surface area (Å²) in [6.45, 7) is 4.17. The number of rotatable bonds is 6. The highest BCUT2D eigenvalue weighted by atomic mass is 32.2. The third kappa shape index (κ3) is 3.27. The summed E-state index contributed by atoms with van der Waals surface area (Å²) in [5.74, 6) is 1.000. The number of imidazole rings is 1. The molecule has 0 fully saturated rings. The van der Waals surface area contributed by atoms with Crippen molar-refractivity contribution in [1.82, 2.24) is 14.5 Å². The summed E-state index contributed by atoms with van der Waals surface area (Å²) in [4.78, 5) is 9.20. The van der Waals surface area contributed by atoms with Crippen LogP contribution < -0.4 is 5.14 Å². The van der Waals surface area contributed by atoms with E-state index in [0.717, 1.165) is 40.6 Å². The van der Waals surface area contributed by atoms with Gasteiger partial charge in [0.2, 0.25) is 10.0 Å². The molecule has 6 nitrogen and oxygen atoms in total. The van der Waals surface area contributed by atoms with Crippen molar-refractivity contribution in [1.29, 1.82) is 0 Å². The summed E-state index contributed by atoms with van der Waals surface area (Å²) in [5.41, 5.74) is 2.88. The molecule has 0 aliphatic rings. The molecule has 1 atom stereocenters. The van der Waals surface area contributed by atoms with Gasteiger partial charge in [0.15, 0.2) is 0 Å². The number of aromatic nitrogens is 3. The van der Waals surface area contributed by atoms with E-state index in [-0.39, 0.29) is 11.8 Å². The fourth-order valence-electron chi connectivity index (χ4n) is 3.21. The first-order chi connectivity index (χ1) is 11.4. The lowest BCUT2D eigenvalue weighted by Crippen LogP contribution is -2.18. The molecule has 24 heavy (non-hydrogen) atoms. The van der Waals surface area contributed by atoms with Gasteiger partial charge in [-0.2, -0.15) is 0 Å². The first-order valence-corrected chi connectivity index (χ1v) is 9.87. The van der Waals surface area contributed by atoms with Crippen LogP contribution in [0, 0.1) is 0 Å². The van der Waals surface area contributed by atoms with Crippen LogP contribution in [0.15, 0.2) is 30.5 Å². The van der Waals surface area contributed by atoms with Crippen molar-refractivity contribution in [2.75, 3.05) is 5.75 Å². The molecule has 2 aromatic heterocycles. The van der Waals surface area contributed by atoms with Crippen molar-refractivity contribution in [3.8, 4) is 0 Å². The normalized spacial score (nSPS) is 13.6. The molecule has 0 saturated carbocycles. The second-order valence-corrected chi connectivity index (χ2v) is 7.85. The van der Waals surface area contributed by atoms with Crippen LogP contribution in [0.2, 0.25) is 0 Å².